The Hall–Kier alpha value is -1.51. The van der Waals surface area contributed by atoms with Gasteiger partial charge in [0, 0.05) is 0 Å². The number of nitriles is 1. The van der Waals surface area contributed by atoms with Crippen molar-refractivity contribution < 1.29 is 18.3 Å². The molecule has 90 valence electrons. The van der Waals surface area contributed by atoms with Crippen LogP contribution in [-0.4, -0.2) is 12.9 Å². The zero-order chi connectivity index (χ0) is 12.5. The third kappa shape index (κ3) is 2.28. The fraction of sp³-hybridized carbons (Fsp3) is 0.417. The van der Waals surface area contributed by atoms with Crippen molar-refractivity contribution in [2.24, 2.45) is 0 Å². The summed E-state index contributed by atoms with van der Waals surface area (Å²) in [5.74, 6) is 0. The molecule has 0 bridgehead atoms. The smallest absolute Gasteiger partial charge is 0.292 e. The minimum Gasteiger partial charge on any atom is -0.292 e. The molecular formula is C12H11F2NO2. The van der Waals surface area contributed by atoms with Crippen molar-refractivity contribution in [3.63, 3.8) is 0 Å². The van der Waals surface area contributed by atoms with Crippen LogP contribution in [0.2, 0.25) is 0 Å². The maximum atomic E-state index is 12.9. The Morgan fingerprint density at radius 1 is 1.41 bits per heavy atom. The van der Waals surface area contributed by atoms with Gasteiger partial charge in [0.05, 0.1) is 19.1 Å². The maximum absolute atomic E-state index is 12.9. The van der Waals surface area contributed by atoms with Gasteiger partial charge >= 0.3 is 6.29 Å². The van der Waals surface area contributed by atoms with Crippen molar-refractivity contribution in [1.29, 1.82) is 5.26 Å². The Morgan fingerprint density at radius 2 is 2.12 bits per heavy atom. The first-order chi connectivity index (χ1) is 7.97. The zero-order valence-electron chi connectivity index (χ0n) is 9.24. The Bertz CT molecular complexity index is 470. The van der Waals surface area contributed by atoms with E-state index in [1.54, 1.807) is 24.3 Å². The van der Waals surface area contributed by atoms with E-state index in [-0.39, 0.29) is 13.0 Å². The van der Waals surface area contributed by atoms with Gasteiger partial charge in [0.1, 0.15) is 5.60 Å². The van der Waals surface area contributed by atoms with Gasteiger partial charge in [-0.3, -0.25) is 9.47 Å². The molecule has 0 amide bonds. The molecule has 0 spiro atoms. The first-order valence-electron chi connectivity index (χ1n) is 5.14. The minimum absolute atomic E-state index is 0.153. The average molecular weight is 239 g/mol. The topological polar surface area (TPSA) is 42.2 Å². The molecule has 0 N–H and O–H groups in total. The lowest BCUT2D eigenvalue weighted by molar-refractivity contribution is -0.356. The van der Waals surface area contributed by atoms with Crippen LogP contribution in [0.15, 0.2) is 24.3 Å². The average Bonchev–Trinajstić information content (AvgIpc) is 2.55. The molecule has 0 aromatic heterocycles. The SMILES string of the molecule is CC1(c2ccccc2CC#N)COC(F)(F)O1. The van der Waals surface area contributed by atoms with Gasteiger partial charge in [-0.15, -0.1) is 8.78 Å². The molecule has 1 unspecified atom stereocenters. The van der Waals surface area contributed by atoms with Crippen molar-refractivity contribution in [3.8, 4) is 6.07 Å². The summed E-state index contributed by atoms with van der Waals surface area (Å²) in [4.78, 5) is 0. The van der Waals surface area contributed by atoms with E-state index >= 15 is 0 Å². The molecule has 0 aliphatic carbocycles. The normalized spacial score (nSPS) is 26.7. The van der Waals surface area contributed by atoms with E-state index in [1.807, 2.05) is 6.07 Å². The second-order valence-corrected chi connectivity index (χ2v) is 4.08. The van der Waals surface area contributed by atoms with Gasteiger partial charge in [0.15, 0.2) is 0 Å². The highest BCUT2D eigenvalue weighted by atomic mass is 19.3. The van der Waals surface area contributed by atoms with E-state index in [9.17, 15) is 8.78 Å². The summed E-state index contributed by atoms with van der Waals surface area (Å²) in [6, 6.07) is 8.89. The Balaban J connectivity index is 2.38. The summed E-state index contributed by atoms with van der Waals surface area (Å²) in [5.41, 5.74) is 0.0363. The number of rotatable bonds is 2. The summed E-state index contributed by atoms with van der Waals surface area (Å²) < 4.78 is 34.8. The van der Waals surface area contributed by atoms with Crippen LogP contribution in [0.5, 0.6) is 0 Å². The number of nitrogens with zero attached hydrogens (tertiary/aromatic N) is 1. The molecule has 2 rings (SSSR count). The second-order valence-electron chi connectivity index (χ2n) is 4.08. The monoisotopic (exact) mass is 239 g/mol. The van der Waals surface area contributed by atoms with Crippen LogP contribution in [0.4, 0.5) is 8.78 Å². The molecule has 1 aliphatic rings. The van der Waals surface area contributed by atoms with Gasteiger partial charge in [-0.05, 0) is 18.1 Å². The predicted octanol–water partition coefficient (Wildman–Crippen LogP) is 2.56. The van der Waals surface area contributed by atoms with Crippen molar-refractivity contribution in [2.45, 2.75) is 25.2 Å². The van der Waals surface area contributed by atoms with Gasteiger partial charge in [-0.25, -0.2) is 0 Å². The van der Waals surface area contributed by atoms with Gasteiger partial charge in [-0.1, -0.05) is 24.3 Å². The fourth-order valence-corrected chi connectivity index (χ4v) is 1.95. The number of benzene rings is 1. The molecule has 0 saturated carbocycles. The first-order valence-corrected chi connectivity index (χ1v) is 5.14. The molecule has 1 aromatic carbocycles. The Morgan fingerprint density at radius 3 is 2.71 bits per heavy atom. The van der Waals surface area contributed by atoms with Gasteiger partial charge < -0.3 is 0 Å². The molecule has 1 fully saturated rings. The predicted molar refractivity (Wildman–Crippen MR) is 55.1 cm³/mol. The molecule has 1 saturated heterocycles. The van der Waals surface area contributed by atoms with Crippen LogP contribution in [0, 0.1) is 11.3 Å². The molecule has 1 aromatic rings. The fourth-order valence-electron chi connectivity index (χ4n) is 1.95. The highest BCUT2D eigenvalue weighted by Gasteiger charge is 2.51. The van der Waals surface area contributed by atoms with E-state index < -0.39 is 11.9 Å². The van der Waals surface area contributed by atoms with E-state index in [0.717, 1.165) is 0 Å². The number of alkyl halides is 2. The molecule has 3 nitrogen and oxygen atoms in total. The van der Waals surface area contributed by atoms with Crippen molar-refractivity contribution >= 4 is 0 Å². The van der Waals surface area contributed by atoms with E-state index in [0.29, 0.717) is 11.1 Å². The van der Waals surface area contributed by atoms with Crippen LogP contribution >= 0.6 is 0 Å². The van der Waals surface area contributed by atoms with Crippen molar-refractivity contribution in [1.82, 2.24) is 0 Å². The molecule has 1 heterocycles. The third-order valence-electron chi connectivity index (χ3n) is 2.72. The van der Waals surface area contributed by atoms with Gasteiger partial charge in [0.2, 0.25) is 0 Å². The summed E-state index contributed by atoms with van der Waals surface area (Å²) in [6.45, 7) is 1.30. The molecule has 1 aliphatic heterocycles. The van der Waals surface area contributed by atoms with E-state index in [1.165, 1.54) is 6.92 Å². The second kappa shape index (κ2) is 4.06. The minimum atomic E-state index is -3.56. The zero-order valence-corrected chi connectivity index (χ0v) is 9.24. The van der Waals surface area contributed by atoms with E-state index in [2.05, 4.69) is 9.47 Å². The first kappa shape index (κ1) is 12.0. The quantitative estimate of drug-likeness (QED) is 0.796. The summed E-state index contributed by atoms with van der Waals surface area (Å²) in [6.07, 6.45) is -3.41. The highest BCUT2D eigenvalue weighted by Crippen LogP contribution is 2.41. The molecule has 17 heavy (non-hydrogen) atoms. The van der Waals surface area contributed by atoms with Crippen LogP contribution in [0.3, 0.4) is 0 Å². The Kier molecular flexibility index (Phi) is 2.86. The summed E-state index contributed by atoms with van der Waals surface area (Å²) in [5, 5.41) is 8.70. The Labute approximate surface area is 97.6 Å². The van der Waals surface area contributed by atoms with Crippen molar-refractivity contribution in [3.05, 3.63) is 35.4 Å². The van der Waals surface area contributed by atoms with Crippen LogP contribution in [0.25, 0.3) is 0 Å². The van der Waals surface area contributed by atoms with Gasteiger partial charge in [-0.2, -0.15) is 5.26 Å². The number of hydrogen-bond donors (Lipinski definition) is 0. The summed E-state index contributed by atoms with van der Waals surface area (Å²) in [7, 11) is 0. The molecule has 1 atom stereocenters. The number of ether oxygens (including phenoxy) is 2. The number of halogens is 2. The van der Waals surface area contributed by atoms with Crippen molar-refractivity contribution in [2.75, 3.05) is 6.61 Å². The third-order valence-corrected chi connectivity index (χ3v) is 2.72. The lowest BCUT2D eigenvalue weighted by Crippen LogP contribution is -2.28. The number of hydrogen-bond acceptors (Lipinski definition) is 3. The summed E-state index contributed by atoms with van der Waals surface area (Å²) >= 11 is 0. The molecule has 5 heteroatoms. The largest absolute Gasteiger partial charge is 0.486 e. The van der Waals surface area contributed by atoms with Gasteiger partial charge in [0.25, 0.3) is 0 Å². The molecular weight excluding hydrogens is 228 g/mol. The lowest BCUT2D eigenvalue weighted by Gasteiger charge is -2.24. The van der Waals surface area contributed by atoms with Crippen LogP contribution < -0.4 is 0 Å². The van der Waals surface area contributed by atoms with Crippen LogP contribution in [0.1, 0.15) is 18.1 Å². The standard InChI is InChI=1S/C12H11F2NO2/c1-11(8-16-12(13,14)17-11)10-5-3-2-4-9(10)6-7-15/h2-5H,6,8H2,1H3. The lowest BCUT2D eigenvalue weighted by atomic mass is 9.91. The highest BCUT2D eigenvalue weighted by molar-refractivity contribution is 5.34. The van der Waals surface area contributed by atoms with Crippen LogP contribution in [-0.2, 0) is 21.5 Å². The maximum Gasteiger partial charge on any atom is 0.486 e. The molecule has 0 radical (unpaired) electrons. The van der Waals surface area contributed by atoms with E-state index in [4.69, 9.17) is 5.26 Å².